The van der Waals surface area contributed by atoms with Gasteiger partial charge in [0.05, 0.1) is 5.54 Å². The van der Waals surface area contributed by atoms with E-state index >= 15 is 0 Å². The Bertz CT molecular complexity index is 822. The molecule has 6 nitrogen and oxygen atoms in total. The van der Waals surface area contributed by atoms with Crippen LogP contribution in [0.2, 0.25) is 0 Å². The number of hydrogen-bond acceptors (Lipinski definition) is 3. The fourth-order valence-corrected chi connectivity index (χ4v) is 3.04. The maximum atomic E-state index is 14.3. The standard InChI is InChI=1S/C16H17F2N3O3/c1-9-13(20-15(23)19-9)14(22)21-16(4-6-24-7-5-16)11-3-2-10(17)8-12(11)18/h2-3,8H,4-7H2,1H3,(H,21,22)(H2,19,20,23). The molecule has 1 saturated heterocycles. The number of imidazole rings is 1. The highest BCUT2D eigenvalue weighted by molar-refractivity contribution is 5.93. The van der Waals surface area contributed by atoms with Gasteiger partial charge in [0, 0.05) is 30.5 Å². The molecule has 3 N–H and O–H groups in total. The van der Waals surface area contributed by atoms with Gasteiger partial charge in [-0.15, -0.1) is 0 Å². The first-order valence-corrected chi connectivity index (χ1v) is 7.56. The van der Waals surface area contributed by atoms with Crippen molar-refractivity contribution < 1.29 is 18.3 Å². The van der Waals surface area contributed by atoms with Crippen LogP contribution in [-0.4, -0.2) is 29.1 Å². The number of nitrogens with one attached hydrogen (secondary N) is 3. The van der Waals surface area contributed by atoms with Crippen molar-refractivity contribution in [3.8, 4) is 0 Å². The van der Waals surface area contributed by atoms with Crippen LogP contribution < -0.4 is 11.0 Å². The van der Waals surface area contributed by atoms with Gasteiger partial charge in [-0.1, -0.05) is 6.07 Å². The number of carbonyl (C=O) groups excluding carboxylic acids is 1. The maximum Gasteiger partial charge on any atom is 0.323 e. The third-order valence-corrected chi connectivity index (χ3v) is 4.29. The van der Waals surface area contributed by atoms with Crippen molar-refractivity contribution in [1.82, 2.24) is 15.3 Å². The van der Waals surface area contributed by atoms with E-state index in [0.717, 1.165) is 12.1 Å². The predicted molar refractivity (Wildman–Crippen MR) is 81.7 cm³/mol. The Morgan fingerprint density at radius 2 is 1.96 bits per heavy atom. The molecule has 0 aliphatic carbocycles. The van der Waals surface area contributed by atoms with Crippen molar-refractivity contribution in [3.63, 3.8) is 0 Å². The van der Waals surface area contributed by atoms with Gasteiger partial charge in [0.2, 0.25) is 0 Å². The number of aromatic nitrogens is 2. The zero-order chi connectivity index (χ0) is 17.3. The molecule has 3 rings (SSSR count). The SMILES string of the molecule is Cc1[nH]c(=O)[nH]c1C(=O)NC1(c2ccc(F)cc2F)CCOCC1. The lowest BCUT2D eigenvalue weighted by Crippen LogP contribution is -2.50. The fraction of sp³-hybridized carbons (Fsp3) is 0.375. The lowest BCUT2D eigenvalue weighted by molar-refractivity contribution is 0.0331. The molecule has 1 aliphatic heterocycles. The van der Waals surface area contributed by atoms with Crippen molar-refractivity contribution >= 4 is 5.91 Å². The zero-order valence-electron chi connectivity index (χ0n) is 13.0. The third-order valence-electron chi connectivity index (χ3n) is 4.29. The minimum Gasteiger partial charge on any atom is -0.381 e. The molecule has 1 fully saturated rings. The summed E-state index contributed by atoms with van der Waals surface area (Å²) < 4.78 is 32.9. The van der Waals surface area contributed by atoms with Crippen molar-refractivity contribution in [3.05, 3.63) is 57.3 Å². The molecule has 0 unspecified atom stereocenters. The van der Waals surface area contributed by atoms with E-state index in [1.165, 1.54) is 6.07 Å². The highest BCUT2D eigenvalue weighted by Crippen LogP contribution is 2.34. The number of carbonyl (C=O) groups is 1. The lowest BCUT2D eigenvalue weighted by Gasteiger charge is -2.38. The van der Waals surface area contributed by atoms with E-state index in [4.69, 9.17) is 4.74 Å². The second-order valence-electron chi connectivity index (χ2n) is 5.85. The summed E-state index contributed by atoms with van der Waals surface area (Å²) in [6.07, 6.45) is 0.685. The molecule has 0 atom stereocenters. The second kappa shape index (κ2) is 6.20. The summed E-state index contributed by atoms with van der Waals surface area (Å²) in [4.78, 5) is 28.8. The number of ether oxygens (including phenoxy) is 1. The van der Waals surface area contributed by atoms with E-state index in [0.29, 0.717) is 31.7 Å². The molecule has 1 aromatic heterocycles. The van der Waals surface area contributed by atoms with Crippen molar-refractivity contribution in [2.45, 2.75) is 25.3 Å². The number of benzene rings is 1. The van der Waals surface area contributed by atoms with Crippen LogP contribution in [0, 0.1) is 18.6 Å². The van der Waals surface area contributed by atoms with E-state index in [9.17, 15) is 18.4 Å². The molecule has 1 aliphatic rings. The lowest BCUT2D eigenvalue weighted by atomic mass is 9.82. The summed E-state index contributed by atoms with van der Waals surface area (Å²) in [6.45, 7) is 2.25. The highest BCUT2D eigenvalue weighted by atomic mass is 19.1. The zero-order valence-corrected chi connectivity index (χ0v) is 13.0. The first kappa shape index (κ1) is 16.4. The Labute approximate surface area is 136 Å². The molecule has 2 aromatic rings. The molecule has 24 heavy (non-hydrogen) atoms. The van der Waals surface area contributed by atoms with Gasteiger partial charge < -0.3 is 20.0 Å². The Balaban J connectivity index is 1.98. The molecule has 0 spiro atoms. The topological polar surface area (TPSA) is 87.0 Å². The molecule has 2 heterocycles. The summed E-state index contributed by atoms with van der Waals surface area (Å²) in [5.41, 5.74) is -0.830. The number of aromatic amines is 2. The van der Waals surface area contributed by atoms with Crippen molar-refractivity contribution in [1.29, 1.82) is 0 Å². The van der Waals surface area contributed by atoms with E-state index in [1.807, 2.05) is 0 Å². The maximum absolute atomic E-state index is 14.3. The van der Waals surface area contributed by atoms with E-state index in [1.54, 1.807) is 6.92 Å². The number of amides is 1. The summed E-state index contributed by atoms with van der Waals surface area (Å²) in [5.74, 6) is -1.94. The molecule has 0 saturated carbocycles. The van der Waals surface area contributed by atoms with Crippen LogP contribution in [0.4, 0.5) is 8.78 Å². The van der Waals surface area contributed by atoms with Crippen molar-refractivity contribution in [2.75, 3.05) is 13.2 Å². The van der Waals surface area contributed by atoms with Crippen LogP contribution in [-0.2, 0) is 10.3 Å². The van der Waals surface area contributed by atoms with Gasteiger partial charge in [-0.25, -0.2) is 13.6 Å². The summed E-state index contributed by atoms with van der Waals surface area (Å²) >= 11 is 0. The number of hydrogen-bond donors (Lipinski definition) is 3. The van der Waals surface area contributed by atoms with Gasteiger partial charge in [0.25, 0.3) is 5.91 Å². The van der Waals surface area contributed by atoms with Gasteiger partial charge in [-0.2, -0.15) is 0 Å². The monoisotopic (exact) mass is 337 g/mol. The Morgan fingerprint density at radius 1 is 1.25 bits per heavy atom. The Morgan fingerprint density at radius 3 is 2.54 bits per heavy atom. The quantitative estimate of drug-likeness (QED) is 0.797. The van der Waals surface area contributed by atoms with Gasteiger partial charge in [-0.3, -0.25) is 4.79 Å². The second-order valence-corrected chi connectivity index (χ2v) is 5.85. The fourth-order valence-electron chi connectivity index (χ4n) is 3.04. The molecule has 128 valence electrons. The normalized spacial score (nSPS) is 16.8. The number of halogens is 2. The smallest absolute Gasteiger partial charge is 0.323 e. The van der Waals surface area contributed by atoms with Gasteiger partial charge in [-0.05, 0) is 25.8 Å². The van der Waals surface area contributed by atoms with Crippen LogP contribution in [0.15, 0.2) is 23.0 Å². The molecule has 1 aromatic carbocycles. The van der Waals surface area contributed by atoms with Crippen LogP contribution in [0.1, 0.15) is 34.6 Å². The average molecular weight is 337 g/mol. The molecule has 8 heteroatoms. The first-order valence-electron chi connectivity index (χ1n) is 7.56. The Kier molecular flexibility index (Phi) is 4.23. The minimum atomic E-state index is -1.02. The summed E-state index contributed by atoms with van der Waals surface area (Å²) in [7, 11) is 0. The minimum absolute atomic E-state index is 0.0911. The van der Waals surface area contributed by atoms with Crippen LogP contribution in [0.25, 0.3) is 0 Å². The van der Waals surface area contributed by atoms with Crippen LogP contribution in [0.5, 0.6) is 0 Å². The van der Waals surface area contributed by atoms with E-state index in [-0.39, 0.29) is 11.3 Å². The largest absolute Gasteiger partial charge is 0.381 e. The van der Waals surface area contributed by atoms with Gasteiger partial charge in [0.1, 0.15) is 17.3 Å². The number of aryl methyl sites for hydroxylation is 1. The first-order chi connectivity index (χ1) is 11.4. The van der Waals surface area contributed by atoms with E-state index in [2.05, 4.69) is 15.3 Å². The van der Waals surface area contributed by atoms with Crippen LogP contribution in [0.3, 0.4) is 0 Å². The molecular formula is C16H17F2N3O3. The molecule has 1 amide bonds. The molecule has 0 bridgehead atoms. The summed E-state index contributed by atoms with van der Waals surface area (Å²) in [6, 6.07) is 3.29. The summed E-state index contributed by atoms with van der Waals surface area (Å²) in [5, 5.41) is 2.81. The highest BCUT2D eigenvalue weighted by Gasteiger charge is 2.39. The van der Waals surface area contributed by atoms with Crippen LogP contribution >= 0.6 is 0 Å². The Hall–Kier alpha value is -2.48. The van der Waals surface area contributed by atoms with Gasteiger partial charge >= 0.3 is 5.69 Å². The number of rotatable bonds is 3. The number of H-pyrrole nitrogens is 2. The third kappa shape index (κ3) is 2.96. The molecular weight excluding hydrogens is 320 g/mol. The average Bonchev–Trinajstić information content (AvgIpc) is 2.86. The van der Waals surface area contributed by atoms with Crippen molar-refractivity contribution in [2.24, 2.45) is 0 Å². The van der Waals surface area contributed by atoms with E-state index < -0.39 is 28.8 Å². The molecule has 0 radical (unpaired) electrons. The predicted octanol–water partition coefficient (Wildman–Crippen LogP) is 1.73. The van der Waals surface area contributed by atoms with Gasteiger partial charge in [0.15, 0.2) is 0 Å².